The lowest BCUT2D eigenvalue weighted by molar-refractivity contribution is 0.0975. The molecule has 5 rings (SSSR count). The van der Waals surface area contributed by atoms with Crippen molar-refractivity contribution in [3.63, 3.8) is 0 Å². The van der Waals surface area contributed by atoms with Gasteiger partial charge in [0.1, 0.15) is 9.79 Å². The molecule has 0 amide bonds. The number of rotatable bonds is 6. The van der Waals surface area contributed by atoms with Crippen molar-refractivity contribution in [2.75, 3.05) is 0 Å². The van der Waals surface area contributed by atoms with E-state index in [1.165, 1.54) is 24.3 Å². The molecule has 1 aliphatic rings. The van der Waals surface area contributed by atoms with Crippen molar-refractivity contribution in [2.24, 2.45) is 0 Å². The van der Waals surface area contributed by atoms with Crippen molar-refractivity contribution in [3.8, 4) is 11.5 Å². The van der Waals surface area contributed by atoms with Gasteiger partial charge in [0.2, 0.25) is 0 Å². The number of aryl methyl sites for hydroxylation is 2. The Morgan fingerprint density at radius 2 is 0.895 bits per heavy atom. The zero-order chi connectivity index (χ0) is 27.2. The molecule has 1 aromatic heterocycles. The van der Waals surface area contributed by atoms with Gasteiger partial charge in [-0.3, -0.25) is 9.59 Å². The van der Waals surface area contributed by atoms with Crippen LogP contribution in [0.25, 0.3) is 0 Å². The quantitative estimate of drug-likeness (QED) is 0.288. The normalized spacial score (nSPS) is 13.0. The molecule has 0 saturated carbocycles. The summed E-state index contributed by atoms with van der Waals surface area (Å²) in [7, 11) is -8.85. The molecule has 0 N–H and O–H groups in total. The predicted octanol–water partition coefficient (Wildman–Crippen LogP) is 3.40. The summed E-state index contributed by atoms with van der Waals surface area (Å²) in [6.07, 6.45) is 2.13. The van der Waals surface area contributed by atoms with E-state index in [4.69, 9.17) is 8.37 Å². The minimum absolute atomic E-state index is 0.145. The zero-order valence-electron chi connectivity index (χ0n) is 19.9. The van der Waals surface area contributed by atoms with Gasteiger partial charge < -0.3 is 8.37 Å². The van der Waals surface area contributed by atoms with E-state index in [0.29, 0.717) is 0 Å². The van der Waals surface area contributed by atoms with Crippen LogP contribution in [0.15, 0.2) is 82.8 Å². The summed E-state index contributed by atoms with van der Waals surface area (Å²) in [6.45, 7) is 3.56. The fourth-order valence-electron chi connectivity index (χ4n) is 3.85. The fourth-order valence-corrected chi connectivity index (χ4v) is 5.73. The highest BCUT2D eigenvalue weighted by atomic mass is 32.2. The number of fused-ring (bicyclic) bond motifs is 2. The molecule has 0 bridgehead atoms. The Bertz CT molecular complexity index is 1700. The van der Waals surface area contributed by atoms with Gasteiger partial charge in [0.25, 0.3) is 0 Å². The highest BCUT2D eigenvalue weighted by molar-refractivity contribution is 7.87. The highest BCUT2D eigenvalue weighted by Crippen LogP contribution is 2.40. The minimum atomic E-state index is -4.43. The first-order valence-corrected chi connectivity index (χ1v) is 13.9. The van der Waals surface area contributed by atoms with Gasteiger partial charge in [-0.05, 0) is 50.2 Å². The molecule has 1 aliphatic carbocycles. The Labute approximate surface area is 218 Å². The van der Waals surface area contributed by atoms with Crippen LogP contribution in [-0.2, 0) is 20.2 Å². The maximum Gasteiger partial charge on any atom is 0.339 e. The number of carbonyl (C=O) groups is 2. The maximum absolute atomic E-state index is 13.5. The summed E-state index contributed by atoms with van der Waals surface area (Å²) in [5, 5.41) is 7.27. The molecule has 0 fully saturated rings. The number of aromatic nitrogens is 2. The number of ketones is 2. The highest BCUT2D eigenvalue weighted by Gasteiger charge is 2.38. The van der Waals surface area contributed by atoms with Crippen LogP contribution in [-0.4, -0.2) is 38.6 Å². The standard InChI is InChI=1S/C26H18N2O8S2/c1-15-3-7-17(8-4-15)37(31,32)35-21-11-12-22(36-38(33,34)18-9-5-16(2)6-10-18)24-23(21)25(29)19-13-27-28-14-20(19)26(24)30/h3-14H,1-2H3. The zero-order valence-corrected chi connectivity index (χ0v) is 21.5. The van der Waals surface area contributed by atoms with Gasteiger partial charge in [-0.2, -0.15) is 27.0 Å². The Morgan fingerprint density at radius 3 is 1.24 bits per heavy atom. The molecule has 0 radical (unpaired) electrons. The molecule has 4 aromatic rings. The topological polar surface area (TPSA) is 147 Å². The van der Waals surface area contributed by atoms with Crippen LogP contribution in [0.4, 0.5) is 0 Å². The minimum Gasteiger partial charge on any atom is -0.378 e. The van der Waals surface area contributed by atoms with E-state index in [2.05, 4.69) is 10.2 Å². The van der Waals surface area contributed by atoms with Crippen LogP contribution in [0.5, 0.6) is 11.5 Å². The second-order valence-corrected chi connectivity index (χ2v) is 11.6. The number of hydrogen-bond acceptors (Lipinski definition) is 10. The molecule has 0 spiro atoms. The van der Waals surface area contributed by atoms with Crippen molar-refractivity contribution < 1.29 is 34.8 Å². The van der Waals surface area contributed by atoms with Gasteiger partial charge in [0.05, 0.1) is 34.6 Å². The summed E-state index contributed by atoms with van der Waals surface area (Å²) in [5.74, 6) is -2.56. The Kier molecular flexibility index (Phi) is 6.08. The molecule has 12 heteroatoms. The summed E-state index contributed by atoms with van der Waals surface area (Å²) in [5.41, 5.74) is 0.403. The first kappa shape index (κ1) is 25.2. The lowest BCUT2D eigenvalue weighted by atomic mass is 9.84. The molecule has 0 unspecified atom stereocenters. The SMILES string of the molecule is Cc1ccc(S(=O)(=O)Oc2ccc(OS(=O)(=O)c3ccc(C)cc3)c3c2C(=O)c2cnncc2C3=O)cc1. The van der Waals surface area contributed by atoms with Crippen molar-refractivity contribution in [1.29, 1.82) is 0 Å². The van der Waals surface area contributed by atoms with Gasteiger partial charge in [-0.25, -0.2) is 0 Å². The smallest absolute Gasteiger partial charge is 0.339 e. The predicted molar refractivity (Wildman–Crippen MR) is 133 cm³/mol. The second-order valence-electron chi connectivity index (χ2n) is 8.49. The molecule has 0 saturated heterocycles. The molecule has 1 heterocycles. The second kappa shape index (κ2) is 9.15. The average Bonchev–Trinajstić information content (AvgIpc) is 2.88. The number of carbonyl (C=O) groups excluding carboxylic acids is 2. The van der Waals surface area contributed by atoms with E-state index >= 15 is 0 Å². The van der Waals surface area contributed by atoms with Crippen LogP contribution in [0.2, 0.25) is 0 Å². The largest absolute Gasteiger partial charge is 0.378 e. The Balaban J connectivity index is 1.66. The molecular formula is C26H18N2O8S2. The van der Waals surface area contributed by atoms with Crippen molar-refractivity contribution in [3.05, 3.63) is 106 Å². The van der Waals surface area contributed by atoms with E-state index in [0.717, 1.165) is 35.7 Å². The molecule has 38 heavy (non-hydrogen) atoms. The summed E-state index contributed by atoms with van der Waals surface area (Å²) >= 11 is 0. The lowest BCUT2D eigenvalue weighted by Crippen LogP contribution is -2.25. The monoisotopic (exact) mass is 550 g/mol. The molecule has 0 aliphatic heterocycles. The molecule has 192 valence electrons. The van der Waals surface area contributed by atoms with E-state index in [9.17, 15) is 26.4 Å². The van der Waals surface area contributed by atoms with Crippen LogP contribution in [0.1, 0.15) is 43.0 Å². The Hall–Kier alpha value is -4.42. The van der Waals surface area contributed by atoms with Gasteiger partial charge in [-0.15, -0.1) is 0 Å². The molecular weight excluding hydrogens is 532 g/mol. The summed E-state index contributed by atoms with van der Waals surface area (Å²) in [4.78, 5) is 26.6. The fraction of sp³-hybridized carbons (Fsp3) is 0.0769. The molecule has 3 aromatic carbocycles. The van der Waals surface area contributed by atoms with Crippen LogP contribution in [0.3, 0.4) is 0 Å². The summed E-state index contributed by atoms with van der Waals surface area (Å²) in [6, 6.07) is 13.8. The Morgan fingerprint density at radius 1 is 0.553 bits per heavy atom. The van der Waals surface area contributed by atoms with E-state index in [1.54, 1.807) is 38.1 Å². The van der Waals surface area contributed by atoms with Gasteiger partial charge in [-0.1, -0.05) is 35.4 Å². The van der Waals surface area contributed by atoms with Crippen LogP contribution < -0.4 is 8.37 Å². The van der Waals surface area contributed by atoms with Gasteiger partial charge in [0, 0.05) is 0 Å². The van der Waals surface area contributed by atoms with Crippen LogP contribution in [0, 0.1) is 13.8 Å². The number of benzene rings is 3. The van der Waals surface area contributed by atoms with Crippen molar-refractivity contribution >= 4 is 31.8 Å². The third-order valence-electron chi connectivity index (χ3n) is 5.82. The van der Waals surface area contributed by atoms with E-state index < -0.39 is 54.4 Å². The molecule has 0 atom stereocenters. The van der Waals surface area contributed by atoms with Gasteiger partial charge in [0.15, 0.2) is 23.1 Å². The summed E-state index contributed by atoms with van der Waals surface area (Å²) < 4.78 is 62.6. The van der Waals surface area contributed by atoms with E-state index in [1.807, 2.05) is 0 Å². The third-order valence-corrected chi connectivity index (χ3v) is 8.32. The van der Waals surface area contributed by atoms with Crippen molar-refractivity contribution in [2.45, 2.75) is 23.6 Å². The number of nitrogens with zero attached hydrogens (tertiary/aromatic N) is 2. The maximum atomic E-state index is 13.5. The first-order valence-electron chi connectivity index (χ1n) is 11.1. The van der Waals surface area contributed by atoms with Gasteiger partial charge >= 0.3 is 20.2 Å². The van der Waals surface area contributed by atoms with E-state index in [-0.39, 0.29) is 20.9 Å². The van der Waals surface area contributed by atoms with Crippen LogP contribution >= 0.6 is 0 Å². The molecule has 10 nitrogen and oxygen atoms in total. The average molecular weight is 551 g/mol. The first-order chi connectivity index (χ1) is 18.0. The number of hydrogen-bond donors (Lipinski definition) is 0. The lowest BCUT2D eigenvalue weighted by Gasteiger charge is -2.21. The third kappa shape index (κ3) is 4.44. The van der Waals surface area contributed by atoms with Crippen molar-refractivity contribution in [1.82, 2.24) is 10.2 Å².